The van der Waals surface area contributed by atoms with E-state index in [0.717, 1.165) is 23.1 Å². The molecule has 1 aliphatic rings. The highest BCUT2D eigenvalue weighted by Gasteiger charge is 2.36. The van der Waals surface area contributed by atoms with Crippen LogP contribution in [0.25, 0.3) is 11.5 Å². The van der Waals surface area contributed by atoms with Crippen molar-refractivity contribution < 1.29 is 4.42 Å². The number of aliphatic imine (C=N–C) groups is 1. The van der Waals surface area contributed by atoms with Crippen molar-refractivity contribution in [3.8, 4) is 11.5 Å². The first-order valence-electron chi connectivity index (χ1n) is 8.68. The third-order valence-corrected chi connectivity index (χ3v) is 4.41. The van der Waals surface area contributed by atoms with Gasteiger partial charge in [-0.05, 0) is 37.8 Å². The van der Waals surface area contributed by atoms with E-state index in [0.29, 0.717) is 18.5 Å². The van der Waals surface area contributed by atoms with Crippen molar-refractivity contribution in [2.75, 3.05) is 7.05 Å². The molecule has 2 atom stereocenters. The molecule has 2 unspecified atom stereocenters. The maximum atomic E-state index is 5.59. The molecule has 1 aromatic carbocycles. The second kappa shape index (κ2) is 7.51. The van der Waals surface area contributed by atoms with E-state index >= 15 is 0 Å². The monoisotopic (exact) mass is 326 g/mol. The molecule has 1 aliphatic carbocycles. The fraction of sp³-hybridized carbons (Fsp3) is 0.474. The summed E-state index contributed by atoms with van der Waals surface area (Å²) in [6.07, 6.45) is 5.48. The molecule has 2 N–H and O–H groups in total. The summed E-state index contributed by atoms with van der Waals surface area (Å²) in [7, 11) is 1.80. The number of oxazole rings is 1. The third-order valence-electron chi connectivity index (χ3n) is 4.41. The van der Waals surface area contributed by atoms with Crippen LogP contribution in [0.2, 0.25) is 0 Å². The summed E-state index contributed by atoms with van der Waals surface area (Å²) in [6, 6.07) is 8.74. The number of nitrogens with zero attached hydrogens (tertiary/aromatic N) is 2. The lowest BCUT2D eigenvalue weighted by atomic mass is 10.1. The molecular weight excluding hydrogens is 300 g/mol. The molecule has 24 heavy (non-hydrogen) atoms. The van der Waals surface area contributed by atoms with Gasteiger partial charge in [0.2, 0.25) is 5.89 Å². The Kier molecular flexibility index (Phi) is 5.18. The highest BCUT2D eigenvalue weighted by atomic mass is 16.3. The largest absolute Gasteiger partial charge is 0.444 e. The first kappa shape index (κ1) is 16.6. The Morgan fingerprint density at radius 3 is 2.83 bits per heavy atom. The van der Waals surface area contributed by atoms with Crippen LogP contribution in [0.4, 0.5) is 0 Å². The molecule has 5 heteroatoms. The van der Waals surface area contributed by atoms with Crippen LogP contribution < -0.4 is 10.6 Å². The average Bonchev–Trinajstić information content (AvgIpc) is 3.14. The molecule has 2 aromatic rings. The summed E-state index contributed by atoms with van der Waals surface area (Å²) >= 11 is 0. The zero-order valence-corrected chi connectivity index (χ0v) is 14.7. The number of guanidine groups is 1. The molecular formula is C19H26N4O. The van der Waals surface area contributed by atoms with E-state index in [1.165, 1.54) is 24.8 Å². The van der Waals surface area contributed by atoms with Crippen LogP contribution >= 0.6 is 0 Å². The SMILES string of the molecule is CCCC1CC1NC(=NC)NCc1coc(-c2ccc(C)cc2)n1. The Morgan fingerprint density at radius 1 is 1.33 bits per heavy atom. The summed E-state index contributed by atoms with van der Waals surface area (Å²) in [5.41, 5.74) is 3.09. The molecule has 1 fully saturated rings. The normalized spacial score (nSPS) is 20.0. The quantitative estimate of drug-likeness (QED) is 0.630. The van der Waals surface area contributed by atoms with Crippen molar-refractivity contribution >= 4 is 5.96 Å². The van der Waals surface area contributed by atoms with Crippen LogP contribution in [0.3, 0.4) is 0 Å². The number of hydrogen-bond acceptors (Lipinski definition) is 3. The zero-order valence-electron chi connectivity index (χ0n) is 14.7. The summed E-state index contributed by atoms with van der Waals surface area (Å²) < 4.78 is 5.59. The van der Waals surface area contributed by atoms with Crippen molar-refractivity contribution in [3.05, 3.63) is 41.8 Å². The van der Waals surface area contributed by atoms with Crippen LogP contribution in [0.5, 0.6) is 0 Å². The van der Waals surface area contributed by atoms with Crippen molar-refractivity contribution in [2.24, 2.45) is 10.9 Å². The molecule has 128 valence electrons. The van der Waals surface area contributed by atoms with E-state index in [1.54, 1.807) is 13.3 Å². The number of aryl methyl sites for hydroxylation is 1. The van der Waals surface area contributed by atoms with E-state index in [4.69, 9.17) is 4.42 Å². The lowest BCUT2D eigenvalue weighted by Gasteiger charge is -2.10. The van der Waals surface area contributed by atoms with Crippen LogP contribution in [-0.4, -0.2) is 24.0 Å². The molecule has 1 saturated carbocycles. The highest BCUT2D eigenvalue weighted by molar-refractivity contribution is 5.80. The topological polar surface area (TPSA) is 62.5 Å². The fourth-order valence-electron chi connectivity index (χ4n) is 2.88. The maximum absolute atomic E-state index is 5.59. The maximum Gasteiger partial charge on any atom is 0.226 e. The standard InChI is InChI=1S/C19H26N4O/c1-4-5-15-10-17(15)23-19(20-3)21-11-16-12-24-18(22-16)14-8-6-13(2)7-9-14/h6-9,12,15,17H,4-5,10-11H2,1-3H3,(H2,20,21,23). The number of hydrogen-bond donors (Lipinski definition) is 2. The van der Waals surface area contributed by atoms with Gasteiger partial charge >= 0.3 is 0 Å². The van der Waals surface area contributed by atoms with Gasteiger partial charge in [-0.3, -0.25) is 4.99 Å². The van der Waals surface area contributed by atoms with E-state index in [9.17, 15) is 0 Å². The summed E-state index contributed by atoms with van der Waals surface area (Å²) in [5, 5.41) is 6.78. The minimum absolute atomic E-state index is 0.566. The van der Waals surface area contributed by atoms with Crippen molar-refractivity contribution in [2.45, 2.75) is 45.7 Å². The number of rotatable bonds is 6. The molecule has 0 saturated heterocycles. The summed E-state index contributed by atoms with van der Waals surface area (Å²) in [5.74, 6) is 2.28. The van der Waals surface area contributed by atoms with E-state index in [2.05, 4.69) is 46.6 Å². The molecule has 0 bridgehead atoms. The summed E-state index contributed by atoms with van der Waals surface area (Å²) in [4.78, 5) is 8.83. The molecule has 0 radical (unpaired) electrons. The highest BCUT2D eigenvalue weighted by Crippen LogP contribution is 2.34. The predicted molar refractivity (Wildman–Crippen MR) is 96.8 cm³/mol. The molecule has 5 nitrogen and oxygen atoms in total. The second-order valence-electron chi connectivity index (χ2n) is 6.47. The first-order valence-corrected chi connectivity index (χ1v) is 8.68. The van der Waals surface area contributed by atoms with Crippen molar-refractivity contribution in [1.29, 1.82) is 0 Å². The second-order valence-corrected chi connectivity index (χ2v) is 6.47. The molecule has 1 aromatic heterocycles. The van der Waals surface area contributed by atoms with Crippen LogP contribution in [0, 0.1) is 12.8 Å². The minimum Gasteiger partial charge on any atom is -0.444 e. The van der Waals surface area contributed by atoms with E-state index in [1.807, 2.05) is 12.1 Å². The Morgan fingerprint density at radius 2 is 2.12 bits per heavy atom. The first-order chi connectivity index (χ1) is 11.7. The Bertz CT molecular complexity index is 690. The number of aromatic nitrogens is 1. The van der Waals surface area contributed by atoms with Gasteiger partial charge in [-0.25, -0.2) is 4.98 Å². The smallest absolute Gasteiger partial charge is 0.226 e. The van der Waals surface area contributed by atoms with Gasteiger partial charge in [-0.1, -0.05) is 31.0 Å². The Balaban J connectivity index is 1.52. The number of nitrogens with one attached hydrogen (secondary N) is 2. The van der Waals surface area contributed by atoms with Gasteiger partial charge in [-0.15, -0.1) is 0 Å². The van der Waals surface area contributed by atoms with Gasteiger partial charge in [0.05, 0.1) is 12.2 Å². The van der Waals surface area contributed by atoms with Gasteiger partial charge in [-0.2, -0.15) is 0 Å². The van der Waals surface area contributed by atoms with Crippen molar-refractivity contribution in [3.63, 3.8) is 0 Å². The minimum atomic E-state index is 0.566. The zero-order chi connectivity index (χ0) is 16.9. The molecule has 0 spiro atoms. The van der Waals surface area contributed by atoms with Gasteiger partial charge in [0.25, 0.3) is 0 Å². The number of benzene rings is 1. The molecule has 0 aliphatic heterocycles. The van der Waals surface area contributed by atoms with E-state index in [-0.39, 0.29) is 0 Å². The van der Waals surface area contributed by atoms with Gasteiger partial charge in [0, 0.05) is 18.7 Å². The fourth-order valence-corrected chi connectivity index (χ4v) is 2.88. The van der Waals surface area contributed by atoms with Crippen LogP contribution in [0.1, 0.15) is 37.4 Å². The Labute approximate surface area is 143 Å². The van der Waals surface area contributed by atoms with Crippen LogP contribution in [0.15, 0.2) is 39.9 Å². The average molecular weight is 326 g/mol. The predicted octanol–water partition coefficient (Wildman–Crippen LogP) is 3.50. The molecule has 3 rings (SSSR count). The lowest BCUT2D eigenvalue weighted by Crippen LogP contribution is -2.38. The lowest BCUT2D eigenvalue weighted by molar-refractivity contribution is 0.572. The Hall–Kier alpha value is -2.30. The van der Waals surface area contributed by atoms with Gasteiger partial charge in [0.15, 0.2) is 5.96 Å². The van der Waals surface area contributed by atoms with Gasteiger partial charge in [0.1, 0.15) is 6.26 Å². The van der Waals surface area contributed by atoms with Gasteiger partial charge < -0.3 is 15.1 Å². The molecule has 1 heterocycles. The summed E-state index contributed by atoms with van der Waals surface area (Å²) in [6.45, 7) is 4.90. The van der Waals surface area contributed by atoms with Crippen molar-refractivity contribution in [1.82, 2.24) is 15.6 Å². The van der Waals surface area contributed by atoms with E-state index < -0.39 is 0 Å². The third kappa shape index (κ3) is 4.16. The van der Waals surface area contributed by atoms with Crippen LogP contribution in [-0.2, 0) is 6.54 Å². The molecule has 0 amide bonds.